The summed E-state index contributed by atoms with van der Waals surface area (Å²) in [6, 6.07) is 26.0. The number of hydrogen-bond donors (Lipinski definition) is 0. The quantitative estimate of drug-likeness (QED) is 0.529. The average molecular weight is 302 g/mol. The van der Waals surface area contributed by atoms with Gasteiger partial charge in [-0.15, -0.1) is 0 Å². The summed E-state index contributed by atoms with van der Waals surface area (Å²) in [6.45, 7) is 8.43. The van der Waals surface area contributed by atoms with Crippen LogP contribution in [0.1, 0.15) is 33.4 Å². The molecule has 118 valence electrons. The molecule has 23 heavy (non-hydrogen) atoms. The summed E-state index contributed by atoms with van der Waals surface area (Å²) in [7, 11) is 0. The molecule has 0 bridgehead atoms. The van der Waals surface area contributed by atoms with Gasteiger partial charge >= 0.3 is 0 Å². The molecule has 0 atom stereocenters. The Balaban J connectivity index is 0.000000203. The highest BCUT2D eigenvalue weighted by Crippen LogP contribution is 2.11. The van der Waals surface area contributed by atoms with Crippen LogP contribution in [-0.4, -0.2) is 0 Å². The average Bonchev–Trinajstić information content (AvgIpc) is 2.55. The zero-order chi connectivity index (χ0) is 16.7. The summed E-state index contributed by atoms with van der Waals surface area (Å²) >= 11 is 0. The van der Waals surface area contributed by atoms with E-state index < -0.39 is 0 Å². The number of benzene rings is 3. The van der Waals surface area contributed by atoms with Crippen LogP contribution in [0.25, 0.3) is 0 Å². The van der Waals surface area contributed by atoms with E-state index >= 15 is 0 Å². The Morgan fingerprint density at radius 3 is 0.870 bits per heavy atom. The molecular formula is C23H26. The van der Waals surface area contributed by atoms with Gasteiger partial charge in [-0.25, -0.2) is 0 Å². The minimum absolute atomic E-state index is 1.03. The molecule has 0 saturated heterocycles. The molecule has 0 spiro atoms. The normalized spacial score (nSPS) is 9.91. The Hall–Kier alpha value is -2.34. The molecule has 0 heterocycles. The van der Waals surface area contributed by atoms with Gasteiger partial charge in [-0.05, 0) is 45.2 Å². The summed E-state index contributed by atoms with van der Waals surface area (Å²) < 4.78 is 0. The molecule has 0 amide bonds. The van der Waals surface area contributed by atoms with Crippen LogP contribution in [0.2, 0.25) is 0 Å². The Bertz CT molecular complexity index is 637. The minimum atomic E-state index is 1.03. The maximum atomic E-state index is 2.20. The lowest BCUT2D eigenvalue weighted by atomic mass is 10.0. The standard InChI is InChI=1S/C15H16.C8H10/c1-12-3-7-14(8-4-12)11-15-9-5-13(2)6-10-15;1-7-3-5-8(2)6-4-7/h3-10H,11H2,1-2H3;3-6H,1-2H3. The van der Waals surface area contributed by atoms with Crippen LogP contribution in [0.15, 0.2) is 72.8 Å². The van der Waals surface area contributed by atoms with Crippen molar-refractivity contribution in [1.29, 1.82) is 0 Å². The monoisotopic (exact) mass is 302 g/mol. The van der Waals surface area contributed by atoms with Gasteiger partial charge in [0.05, 0.1) is 0 Å². The summed E-state index contributed by atoms with van der Waals surface area (Å²) in [5.41, 5.74) is 8.06. The molecule has 3 aromatic carbocycles. The van der Waals surface area contributed by atoms with Crippen LogP contribution < -0.4 is 0 Å². The Morgan fingerprint density at radius 2 is 0.609 bits per heavy atom. The van der Waals surface area contributed by atoms with E-state index in [1.54, 1.807) is 0 Å². The predicted molar refractivity (Wildman–Crippen MR) is 101 cm³/mol. The smallest absolute Gasteiger partial charge is 0.00258 e. The fourth-order valence-corrected chi connectivity index (χ4v) is 2.28. The van der Waals surface area contributed by atoms with E-state index in [9.17, 15) is 0 Å². The molecule has 0 heteroatoms. The first kappa shape index (κ1) is 17.0. The van der Waals surface area contributed by atoms with Gasteiger partial charge in [0.25, 0.3) is 0 Å². The van der Waals surface area contributed by atoms with Crippen LogP contribution in [-0.2, 0) is 6.42 Å². The third-order valence-electron chi connectivity index (χ3n) is 3.87. The van der Waals surface area contributed by atoms with Crippen LogP contribution in [0.4, 0.5) is 0 Å². The van der Waals surface area contributed by atoms with Crippen LogP contribution in [0.5, 0.6) is 0 Å². The second kappa shape index (κ2) is 8.33. The van der Waals surface area contributed by atoms with Gasteiger partial charge in [0.15, 0.2) is 0 Å². The minimum Gasteiger partial charge on any atom is -0.0591 e. The van der Waals surface area contributed by atoms with Gasteiger partial charge in [-0.3, -0.25) is 0 Å². The first-order valence-corrected chi connectivity index (χ1v) is 8.17. The summed E-state index contributed by atoms with van der Waals surface area (Å²) in [4.78, 5) is 0. The van der Waals surface area contributed by atoms with E-state index in [-0.39, 0.29) is 0 Å². The van der Waals surface area contributed by atoms with E-state index in [1.807, 2.05) is 0 Å². The van der Waals surface area contributed by atoms with Crippen molar-refractivity contribution in [3.8, 4) is 0 Å². The molecule has 0 saturated carbocycles. The Labute approximate surface area is 140 Å². The second-order valence-corrected chi connectivity index (χ2v) is 6.30. The largest absolute Gasteiger partial charge is 0.0591 e. The lowest BCUT2D eigenvalue weighted by molar-refractivity contribution is 1.18. The van der Waals surface area contributed by atoms with Gasteiger partial charge in [-0.1, -0.05) is 95.1 Å². The highest BCUT2D eigenvalue weighted by atomic mass is 14.0. The Morgan fingerprint density at radius 1 is 0.391 bits per heavy atom. The van der Waals surface area contributed by atoms with Crippen molar-refractivity contribution < 1.29 is 0 Å². The van der Waals surface area contributed by atoms with E-state index in [2.05, 4.69) is 100 Å². The van der Waals surface area contributed by atoms with Crippen molar-refractivity contribution in [3.63, 3.8) is 0 Å². The summed E-state index contributed by atoms with van der Waals surface area (Å²) in [5.74, 6) is 0. The fourth-order valence-electron chi connectivity index (χ4n) is 2.28. The first-order valence-electron chi connectivity index (χ1n) is 8.17. The maximum absolute atomic E-state index is 2.20. The molecule has 0 fully saturated rings. The lowest BCUT2D eigenvalue weighted by Gasteiger charge is -2.03. The van der Waals surface area contributed by atoms with Crippen LogP contribution >= 0.6 is 0 Å². The third kappa shape index (κ3) is 6.12. The van der Waals surface area contributed by atoms with Crippen LogP contribution in [0, 0.1) is 27.7 Å². The molecule has 0 N–H and O–H groups in total. The van der Waals surface area contributed by atoms with Gasteiger partial charge < -0.3 is 0 Å². The highest BCUT2D eigenvalue weighted by Gasteiger charge is 1.95. The van der Waals surface area contributed by atoms with Crippen molar-refractivity contribution in [2.24, 2.45) is 0 Å². The molecule has 0 nitrogen and oxygen atoms in total. The van der Waals surface area contributed by atoms with Gasteiger partial charge in [0.1, 0.15) is 0 Å². The fraction of sp³-hybridized carbons (Fsp3) is 0.217. The van der Waals surface area contributed by atoms with Gasteiger partial charge in [0.2, 0.25) is 0 Å². The van der Waals surface area contributed by atoms with Gasteiger partial charge in [-0.2, -0.15) is 0 Å². The number of rotatable bonds is 2. The molecule has 0 radical (unpaired) electrons. The molecule has 3 rings (SSSR count). The molecule has 0 aliphatic heterocycles. The van der Waals surface area contributed by atoms with E-state index in [0.717, 1.165) is 6.42 Å². The van der Waals surface area contributed by atoms with E-state index in [4.69, 9.17) is 0 Å². The molecule has 0 aliphatic carbocycles. The molecule has 0 aliphatic rings. The predicted octanol–water partition coefficient (Wildman–Crippen LogP) is 6.20. The van der Waals surface area contributed by atoms with E-state index in [1.165, 1.54) is 33.4 Å². The zero-order valence-electron chi connectivity index (χ0n) is 14.6. The highest BCUT2D eigenvalue weighted by molar-refractivity contribution is 5.29. The lowest BCUT2D eigenvalue weighted by Crippen LogP contribution is -1.88. The van der Waals surface area contributed by atoms with Crippen molar-refractivity contribution in [2.45, 2.75) is 34.1 Å². The molecule has 0 unspecified atom stereocenters. The maximum Gasteiger partial charge on any atom is -0.00258 e. The van der Waals surface area contributed by atoms with Crippen molar-refractivity contribution >= 4 is 0 Å². The van der Waals surface area contributed by atoms with E-state index in [0.29, 0.717) is 0 Å². The topological polar surface area (TPSA) is 0 Å². The molecular weight excluding hydrogens is 276 g/mol. The second-order valence-electron chi connectivity index (χ2n) is 6.30. The van der Waals surface area contributed by atoms with Crippen molar-refractivity contribution in [1.82, 2.24) is 0 Å². The molecule has 3 aromatic rings. The zero-order valence-corrected chi connectivity index (χ0v) is 14.6. The van der Waals surface area contributed by atoms with Crippen molar-refractivity contribution in [2.75, 3.05) is 0 Å². The van der Waals surface area contributed by atoms with Crippen LogP contribution in [0.3, 0.4) is 0 Å². The Kier molecular flexibility index (Phi) is 6.17. The number of hydrogen-bond acceptors (Lipinski definition) is 0. The SMILES string of the molecule is Cc1ccc(C)cc1.Cc1ccc(Cc2ccc(C)cc2)cc1. The molecule has 0 aromatic heterocycles. The van der Waals surface area contributed by atoms with Crippen molar-refractivity contribution in [3.05, 3.63) is 106 Å². The van der Waals surface area contributed by atoms with Gasteiger partial charge in [0, 0.05) is 0 Å². The summed E-state index contributed by atoms with van der Waals surface area (Å²) in [6.07, 6.45) is 1.03. The number of aryl methyl sites for hydroxylation is 4. The first-order chi connectivity index (χ1) is 11.0. The summed E-state index contributed by atoms with van der Waals surface area (Å²) in [5, 5.41) is 0. The third-order valence-corrected chi connectivity index (χ3v) is 3.87.